The van der Waals surface area contributed by atoms with Crippen molar-refractivity contribution in [2.45, 2.75) is 62.9 Å². The molecular weight excluding hydrogens is 478 g/mol. The SMILES string of the molecule is Br.O=C(OCC(CCC1CCNCC1)c1ccccc1)[C@](O)(c1ccccc1)C1CCCC1. The number of carbonyl (C=O) groups is 1. The van der Waals surface area contributed by atoms with E-state index in [0.717, 1.165) is 57.5 Å². The summed E-state index contributed by atoms with van der Waals surface area (Å²) in [6.07, 6.45) is 8.40. The molecule has 1 heterocycles. The van der Waals surface area contributed by atoms with Crippen molar-refractivity contribution in [3.05, 3.63) is 71.8 Å². The fourth-order valence-electron chi connectivity index (χ4n) is 5.52. The molecule has 2 fully saturated rings. The van der Waals surface area contributed by atoms with Crippen LogP contribution in [-0.4, -0.2) is 30.8 Å². The minimum Gasteiger partial charge on any atom is -0.463 e. The van der Waals surface area contributed by atoms with Gasteiger partial charge in [0, 0.05) is 11.8 Å². The Morgan fingerprint density at radius 2 is 1.58 bits per heavy atom. The average molecular weight is 517 g/mol. The number of nitrogens with one attached hydrogen (secondary N) is 1. The van der Waals surface area contributed by atoms with E-state index in [0.29, 0.717) is 12.2 Å². The standard InChI is InChI=1S/C28H37NO3.BrH/c30-27(28(31,26-13-7-8-14-26)25-11-5-2-6-12-25)32-21-24(23-9-3-1-4-10-23)16-15-22-17-19-29-20-18-22;/h1-6,9-12,22,24,26,29,31H,7-8,13-21H2;1H/t24?,28-;/m0./s1. The molecule has 1 aliphatic carbocycles. The van der Waals surface area contributed by atoms with E-state index >= 15 is 0 Å². The highest BCUT2D eigenvalue weighted by Crippen LogP contribution is 2.41. The molecule has 2 aromatic rings. The van der Waals surface area contributed by atoms with E-state index in [9.17, 15) is 9.90 Å². The number of esters is 1. The van der Waals surface area contributed by atoms with Crippen LogP contribution in [0.1, 0.15) is 68.4 Å². The highest BCUT2D eigenvalue weighted by molar-refractivity contribution is 8.93. The summed E-state index contributed by atoms with van der Waals surface area (Å²) < 4.78 is 5.93. The van der Waals surface area contributed by atoms with Crippen molar-refractivity contribution in [1.82, 2.24) is 5.32 Å². The molecule has 33 heavy (non-hydrogen) atoms. The first-order valence-corrected chi connectivity index (χ1v) is 12.4. The monoisotopic (exact) mass is 515 g/mol. The molecule has 0 amide bonds. The molecule has 2 N–H and O–H groups in total. The molecule has 1 aliphatic heterocycles. The van der Waals surface area contributed by atoms with Crippen LogP contribution in [0, 0.1) is 11.8 Å². The Bertz CT molecular complexity index is 835. The second kappa shape index (κ2) is 12.7. The molecule has 4 rings (SSSR count). The van der Waals surface area contributed by atoms with Gasteiger partial charge in [-0.2, -0.15) is 0 Å². The zero-order chi connectivity index (χ0) is 22.2. The van der Waals surface area contributed by atoms with Crippen LogP contribution in [0.5, 0.6) is 0 Å². The number of halogens is 1. The second-order valence-electron chi connectivity index (χ2n) is 9.59. The van der Waals surface area contributed by atoms with Gasteiger partial charge < -0.3 is 15.2 Å². The molecular formula is C28H38BrNO3. The first kappa shape index (κ1) is 25.9. The van der Waals surface area contributed by atoms with Crippen LogP contribution in [0.15, 0.2) is 60.7 Å². The molecule has 0 bridgehead atoms. The van der Waals surface area contributed by atoms with Gasteiger partial charge in [0.1, 0.15) is 0 Å². The Labute approximate surface area is 208 Å². The summed E-state index contributed by atoms with van der Waals surface area (Å²) in [6.45, 7) is 2.51. The zero-order valence-electron chi connectivity index (χ0n) is 19.5. The second-order valence-corrected chi connectivity index (χ2v) is 9.59. The lowest BCUT2D eigenvalue weighted by Gasteiger charge is -2.33. The van der Waals surface area contributed by atoms with Crippen LogP contribution >= 0.6 is 17.0 Å². The number of aliphatic hydroxyl groups is 1. The Morgan fingerprint density at radius 3 is 2.21 bits per heavy atom. The van der Waals surface area contributed by atoms with Crippen molar-refractivity contribution < 1.29 is 14.6 Å². The third-order valence-electron chi connectivity index (χ3n) is 7.54. The van der Waals surface area contributed by atoms with E-state index in [4.69, 9.17) is 4.74 Å². The number of carbonyl (C=O) groups excluding carboxylic acids is 1. The number of benzene rings is 2. The first-order valence-electron chi connectivity index (χ1n) is 12.4. The van der Waals surface area contributed by atoms with Crippen LogP contribution in [0.4, 0.5) is 0 Å². The van der Waals surface area contributed by atoms with Crippen LogP contribution in [0.25, 0.3) is 0 Å². The summed E-state index contributed by atoms with van der Waals surface area (Å²) in [4.78, 5) is 13.4. The maximum absolute atomic E-state index is 13.4. The average Bonchev–Trinajstić information content (AvgIpc) is 3.41. The van der Waals surface area contributed by atoms with Gasteiger partial charge in [0.05, 0.1) is 6.61 Å². The summed E-state index contributed by atoms with van der Waals surface area (Å²) >= 11 is 0. The molecule has 1 saturated heterocycles. The van der Waals surface area contributed by atoms with E-state index in [-0.39, 0.29) is 28.8 Å². The van der Waals surface area contributed by atoms with Gasteiger partial charge in [-0.3, -0.25) is 0 Å². The predicted octanol–water partition coefficient (Wildman–Crippen LogP) is 5.75. The first-order chi connectivity index (χ1) is 15.7. The van der Waals surface area contributed by atoms with E-state index in [1.54, 1.807) is 0 Å². The maximum atomic E-state index is 13.4. The molecule has 4 nitrogen and oxygen atoms in total. The van der Waals surface area contributed by atoms with Crippen molar-refractivity contribution >= 4 is 23.0 Å². The largest absolute Gasteiger partial charge is 0.463 e. The summed E-state index contributed by atoms with van der Waals surface area (Å²) in [5.41, 5.74) is 0.301. The Morgan fingerprint density at radius 1 is 0.970 bits per heavy atom. The summed E-state index contributed by atoms with van der Waals surface area (Å²) in [7, 11) is 0. The number of hydrogen-bond donors (Lipinski definition) is 2. The van der Waals surface area contributed by atoms with Gasteiger partial charge in [0.25, 0.3) is 0 Å². The molecule has 2 aromatic carbocycles. The molecule has 0 spiro atoms. The van der Waals surface area contributed by atoms with Gasteiger partial charge in [-0.25, -0.2) is 4.79 Å². The highest BCUT2D eigenvalue weighted by Gasteiger charge is 2.48. The van der Waals surface area contributed by atoms with Gasteiger partial charge in [-0.15, -0.1) is 17.0 Å². The minimum absolute atomic E-state index is 0. The van der Waals surface area contributed by atoms with E-state index in [1.165, 1.54) is 18.4 Å². The number of piperidine rings is 1. The third kappa shape index (κ3) is 6.46. The van der Waals surface area contributed by atoms with E-state index in [1.807, 2.05) is 48.5 Å². The van der Waals surface area contributed by atoms with Crippen LogP contribution < -0.4 is 5.32 Å². The summed E-state index contributed by atoms with van der Waals surface area (Å²) in [5.74, 6) is 0.317. The summed E-state index contributed by atoms with van der Waals surface area (Å²) in [5, 5.41) is 15.1. The van der Waals surface area contributed by atoms with Crippen LogP contribution in [0.2, 0.25) is 0 Å². The fourth-order valence-corrected chi connectivity index (χ4v) is 5.52. The normalized spacial score (nSPS) is 19.9. The lowest BCUT2D eigenvalue weighted by molar-refractivity contribution is -0.174. The molecule has 5 heteroatoms. The molecule has 180 valence electrons. The Hall–Kier alpha value is -1.69. The van der Waals surface area contributed by atoms with Gasteiger partial charge in [-0.1, -0.05) is 73.5 Å². The van der Waals surface area contributed by atoms with Crippen molar-refractivity contribution in [3.8, 4) is 0 Å². The Balaban J connectivity index is 0.00000306. The van der Waals surface area contributed by atoms with E-state index in [2.05, 4.69) is 17.4 Å². The van der Waals surface area contributed by atoms with Crippen molar-refractivity contribution in [2.24, 2.45) is 11.8 Å². The lowest BCUT2D eigenvalue weighted by atomic mass is 9.80. The molecule has 1 saturated carbocycles. The van der Waals surface area contributed by atoms with Crippen LogP contribution in [0.3, 0.4) is 0 Å². The van der Waals surface area contributed by atoms with Crippen molar-refractivity contribution in [3.63, 3.8) is 0 Å². The molecule has 1 unspecified atom stereocenters. The lowest BCUT2D eigenvalue weighted by Crippen LogP contribution is -2.44. The van der Waals surface area contributed by atoms with Gasteiger partial charge in [-0.05, 0) is 68.7 Å². The van der Waals surface area contributed by atoms with Gasteiger partial charge in [0.2, 0.25) is 0 Å². The number of rotatable bonds is 9. The fraction of sp³-hybridized carbons (Fsp3) is 0.536. The summed E-state index contributed by atoms with van der Waals surface area (Å²) in [6, 6.07) is 19.8. The molecule has 0 aromatic heterocycles. The topological polar surface area (TPSA) is 58.6 Å². The molecule has 2 atom stereocenters. The number of hydrogen-bond acceptors (Lipinski definition) is 4. The smallest absolute Gasteiger partial charge is 0.343 e. The molecule has 2 aliphatic rings. The van der Waals surface area contributed by atoms with E-state index < -0.39 is 11.6 Å². The maximum Gasteiger partial charge on any atom is 0.343 e. The Kier molecular flexibility index (Phi) is 9.96. The zero-order valence-corrected chi connectivity index (χ0v) is 21.2. The minimum atomic E-state index is -1.56. The van der Waals surface area contributed by atoms with Crippen molar-refractivity contribution in [1.29, 1.82) is 0 Å². The van der Waals surface area contributed by atoms with Gasteiger partial charge in [0.15, 0.2) is 5.60 Å². The highest BCUT2D eigenvalue weighted by atomic mass is 79.9. The van der Waals surface area contributed by atoms with Crippen LogP contribution in [-0.2, 0) is 15.1 Å². The number of ether oxygens (including phenoxy) is 1. The molecule has 0 radical (unpaired) electrons. The van der Waals surface area contributed by atoms with Crippen molar-refractivity contribution in [2.75, 3.05) is 19.7 Å². The van der Waals surface area contributed by atoms with Gasteiger partial charge >= 0.3 is 5.97 Å². The predicted molar refractivity (Wildman–Crippen MR) is 138 cm³/mol. The quantitative estimate of drug-likeness (QED) is 0.417. The third-order valence-corrected chi connectivity index (χ3v) is 7.54.